The first-order chi connectivity index (χ1) is 17.0. The maximum atomic E-state index is 15.1. The molecular formula is C32H41F3. The van der Waals surface area contributed by atoms with Gasteiger partial charge in [0.15, 0.2) is 11.6 Å². The summed E-state index contributed by atoms with van der Waals surface area (Å²) in [5.74, 6) is 0.0410. The molecule has 2 saturated carbocycles. The largest absolute Gasteiger partial charge is 0.207 e. The molecule has 2 fully saturated rings. The average molecular weight is 483 g/mol. The number of unbranched alkanes of at least 4 members (excludes halogenated alkanes) is 1. The second-order valence-corrected chi connectivity index (χ2v) is 10.9. The summed E-state index contributed by atoms with van der Waals surface area (Å²) in [7, 11) is 0. The molecule has 4 rings (SSSR count). The van der Waals surface area contributed by atoms with Crippen LogP contribution in [0.5, 0.6) is 0 Å². The van der Waals surface area contributed by atoms with Crippen molar-refractivity contribution in [1.82, 2.24) is 0 Å². The molecule has 0 amide bonds. The van der Waals surface area contributed by atoms with Gasteiger partial charge in [0.25, 0.3) is 0 Å². The molecule has 35 heavy (non-hydrogen) atoms. The normalized spacial score (nSPS) is 25.3. The van der Waals surface area contributed by atoms with Gasteiger partial charge in [0.1, 0.15) is 5.82 Å². The molecule has 0 unspecified atom stereocenters. The van der Waals surface area contributed by atoms with Crippen LogP contribution in [0.15, 0.2) is 36.4 Å². The van der Waals surface area contributed by atoms with Crippen molar-refractivity contribution in [2.24, 2.45) is 11.8 Å². The van der Waals surface area contributed by atoms with Crippen LogP contribution in [0.4, 0.5) is 13.2 Å². The molecule has 3 heteroatoms. The average Bonchev–Trinajstić information content (AvgIpc) is 2.89. The van der Waals surface area contributed by atoms with Crippen molar-refractivity contribution in [3.05, 3.63) is 76.1 Å². The van der Waals surface area contributed by atoms with Gasteiger partial charge in [0, 0.05) is 0 Å². The molecule has 0 saturated heterocycles. The van der Waals surface area contributed by atoms with Crippen LogP contribution in [0.2, 0.25) is 0 Å². The number of aryl methyl sites for hydroxylation is 1. The van der Waals surface area contributed by atoms with Gasteiger partial charge in [-0.15, -0.1) is 0 Å². The van der Waals surface area contributed by atoms with Gasteiger partial charge in [-0.2, -0.15) is 0 Å². The third kappa shape index (κ3) is 6.40. The van der Waals surface area contributed by atoms with Crippen LogP contribution >= 0.6 is 0 Å². The highest BCUT2D eigenvalue weighted by Crippen LogP contribution is 2.42. The van der Waals surface area contributed by atoms with Gasteiger partial charge < -0.3 is 0 Å². The minimum Gasteiger partial charge on any atom is -0.207 e. The Labute approximate surface area is 210 Å². The Kier molecular flexibility index (Phi) is 9.14. The second kappa shape index (κ2) is 12.3. The molecule has 0 spiro atoms. The Bertz CT molecular complexity index is 992. The number of halogens is 3. The number of hydrogen-bond acceptors (Lipinski definition) is 0. The Morgan fingerprint density at radius 3 is 1.91 bits per heavy atom. The van der Waals surface area contributed by atoms with Gasteiger partial charge in [-0.3, -0.25) is 0 Å². The number of allylic oxidation sites excluding steroid dienone is 1. The van der Waals surface area contributed by atoms with Crippen molar-refractivity contribution in [1.29, 1.82) is 0 Å². The van der Waals surface area contributed by atoms with Crippen LogP contribution in [0, 0.1) is 29.3 Å². The minimum absolute atomic E-state index is 0.0781. The number of hydrogen-bond donors (Lipinski definition) is 0. The molecule has 0 bridgehead atoms. The zero-order chi connectivity index (χ0) is 24.8. The highest BCUT2D eigenvalue weighted by molar-refractivity contribution is 5.50. The van der Waals surface area contributed by atoms with Crippen LogP contribution in [0.3, 0.4) is 0 Å². The molecule has 0 N–H and O–H groups in total. The molecule has 2 aromatic rings. The number of rotatable bonds is 8. The Hall–Kier alpha value is -2.03. The monoisotopic (exact) mass is 482 g/mol. The van der Waals surface area contributed by atoms with E-state index in [2.05, 4.69) is 19.9 Å². The predicted octanol–water partition coefficient (Wildman–Crippen LogP) is 10.1. The van der Waals surface area contributed by atoms with Gasteiger partial charge in [0.05, 0.1) is 0 Å². The van der Waals surface area contributed by atoms with E-state index in [1.165, 1.54) is 6.42 Å². The van der Waals surface area contributed by atoms with Gasteiger partial charge >= 0.3 is 0 Å². The molecule has 2 aromatic carbocycles. The van der Waals surface area contributed by atoms with Crippen LogP contribution in [-0.2, 0) is 6.42 Å². The van der Waals surface area contributed by atoms with E-state index in [0.29, 0.717) is 17.0 Å². The summed E-state index contributed by atoms with van der Waals surface area (Å²) in [5.41, 5.74) is 2.83. The first-order valence-corrected chi connectivity index (χ1v) is 13.9. The number of benzene rings is 2. The molecule has 2 aliphatic carbocycles. The Balaban J connectivity index is 1.34. The van der Waals surface area contributed by atoms with Crippen molar-refractivity contribution in [3.63, 3.8) is 0 Å². The van der Waals surface area contributed by atoms with Crippen molar-refractivity contribution in [3.8, 4) is 0 Å². The maximum absolute atomic E-state index is 15.1. The highest BCUT2D eigenvalue weighted by atomic mass is 19.2. The summed E-state index contributed by atoms with van der Waals surface area (Å²) in [6, 6.07) is 9.25. The van der Waals surface area contributed by atoms with Crippen LogP contribution in [0.1, 0.15) is 119 Å². The molecule has 0 aromatic heterocycles. The van der Waals surface area contributed by atoms with E-state index < -0.39 is 11.6 Å². The van der Waals surface area contributed by atoms with E-state index in [1.54, 1.807) is 6.07 Å². The van der Waals surface area contributed by atoms with Crippen LogP contribution in [-0.4, -0.2) is 0 Å². The quantitative estimate of drug-likeness (QED) is 0.351. The first kappa shape index (κ1) is 26.0. The molecule has 0 atom stereocenters. The lowest BCUT2D eigenvalue weighted by atomic mass is 9.75. The topological polar surface area (TPSA) is 0 Å². The van der Waals surface area contributed by atoms with E-state index in [9.17, 15) is 4.39 Å². The summed E-state index contributed by atoms with van der Waals surface area (Å²) >= 11 is 0. The molecular weight excluding hydrogens is 441 g/mol. The highest BCUT2D eigenvalue weighted by Gasteiger charge is 2.29. The second-order valence-electron chi connectivity index (χ2n) is 10.9. The smallest absolute Gasteiger partial charge is 0.162 e. The zero-order valence-electron chi connectivity index (χ0n) is 21.5. The predicted molar refractivity (Wildman–Crippen MR) is 140 cm³/mol. The lowest BCUT2D eigenvalue weighted by Gasteiger charge is -2.30. The molecule has 0 radical (unpaired) electrons. The van der Waals surface area contributed by atoms with Gasteiger partial charge in [-0.1, -0.05) is 63.1 Å². The van der Waals surface area contributed by atoms with E-state index in [-0.39, 0.29) is 17.7 Å². The Morgan fingerprint density at radius 2 is 1.37 bits per heavy atom. The SMILES string of the molecule is CCCCc1ccc(/C=C/C2CCC(c3ccc(C4CCC(CC)CC4)c(F)c3F)CC2)cc1F. The summed E-state index contributed by atoms with van der Waals surface area (Å²) in [5, 5.41) is 0. The summed E-state index contributed by atoms with van der Waals surface area (Å²) in [4.78, 5) is 0. The van der Waals surface area contributed by atoms with Crippen LogP contribution in [0.25, 0.3) is 6.08 Å². The molecule has 0 heterocycles. The van der Waals surface area contributed by atoms with Gasteiger partial charge in [-0.25, -0.2) is 13.2 Å². The van der Waals surface area contributed by atoms with Gasteiger partial charge in [-0.05, 0) is 116 Å². The fourth-order valence-electron chi connectivity index (χ4n) is 6.20. The van der Waals surface area contributed by atoms with Crippen molar-refractivity contribution in [2.75, 3.05) is 0 Å². The maximum Gasteiger partial charge on any atom is 0.162 e. The van der Waals surface area contributed by atoms with Crippen molar-refractivity contribution >= 4 is 6.08 Å². The van der Waals surface area contributed by atoms with Gasteiger partial charge in [0.2, 0.25) is 0 Å². The third-order valence-electron chi connectivity index (χ3n) is 8.66. The first-order valence-electron chi connectivity index (χ1n) is 13.9. The molecule has 190 valence electrons. The van der Waals surface area contributed by atoms with Crippen molar-refractivity contribution < 1.29 is 13.2 Å². The lowest BCUT2D eigenvalue weighted by Crippen LogP contribution is -2.16. The van der Waals surface area contributed by atoms with Crippen LogP contribution < -0.4 is 0 Å². The van der Waals surface area contributed by atoms with E-state index >= 15 is 8.78 Å². The van der Waals surface area contributed by atoms with E-state index in [1.807, 2.05) is 30.3 Å². The Morgan fingerprint density at radius 1 is 0.771 bits per heavy atom. The zero-order valence-corrected chi connectivity index (χ0v) is 21.5. The minimum atomic E-state index is -0.613. The van der Waals surface area contributed by atoms with E-state index in [4.69, 9.17) is 0 Å². The third-order valence-corrected chi connectivity index (χ3v) is 8.66. The summed E-state index contributed by atoms with van der Waals surface area (Å²) in [6.07, 6.45) is 16.0. The van der Waals surface area contributed by atoms with Crippen molar-refractivity contribution in [2.45, 2.75) is 103 Å². The lowest BCUT2D eigenvalue weighted by molar-refractivity contribution is 0.311. The standard InChI is InChI=1S/C32H41F3/c1-3-5-6-27-18-13-24(21-30(27)33)8-7-23-11-16-26(17-12-23)29-20-19-28(31(34)32(29)35)25-14-9-22(4-2)10-15-25/h7-8,13,18-23,25-26H,3-6,9-12,14-17H2,1-2H3/b8-7+. The van der Waals surface area contributed by atoms with E-state index in [0.717, 1.165) is 87.7 Å². The summed E-state index contributed by atoms with van der Waals surface area (Å²) in [6.45, 7) is 4.33. The molecule has 0 nitrogen and oxygen atoms in total. The summed E-state index contributed by atoms with van der Waals surface area (Å²) < 4.78 is 44.5. The fourth-order valence-corrected chi connectivity index (χ4v) is 6.20. The molecule has 2 aliphatic rings. The fraction of sp³-hybridized carbons (Fsp3) is 0.562. The molecule has 0 aliphatic heterocycles.